The first-order chi connectivity index (χ1) is 26.5. The summed E-state index contributed by atoms with van der Waals surface area (Å²) in [5.41, 5.74) is 23.3. The molecule has 0 saturated carbocycles. The number of nitriles is 1. The van der Waals surface area contributed by atoms with Crippen LogP contribution in [0.5, 0.6) is 0 Å². The van der Waals surface area contributed by atoms with E-state index >= 15 is 0 Å². The summed E-state index contributed by atoms with van der Waals surface area (Å²) >= 11 is 5.15. The zero-order valence-electron chi connectivity index (χ0n) is 30.0. The lowest BCUT2D eigenvalue weighted by molar-refractivity contribution is 0.897. The molecule has 7 heterocycles. The third-order valence-corrected chi connectivity index (χ3v) is 12.5. The smallest absolute Gasteiger partial charge is 0.127 e. The average Bonchev–Trinajstić information content (AvgIpc) is 3.72. The molecule has 54 heavy (non-hydrogen) atoms. The van der Waals surface area contributed by atoms with E-state index in [4.69, 9.17) is 26.7 Å². The lowest BCUT2D eigenvalue weighted by Crippen LogP contribution is -1.92. The van der Waals surface area contributed by atoms with Gasteiger partial charge in [0.2, 0.25) is 0 Å². The van der Waals surface area contributed by atoms with Crippen molar-refractivity contribution in [3.05, 3.63) is 120 Å². The van der Waals surface area contributed by atoms with Gasteiger partial charge in [-0.05, 0) is 89.9 Å². The molecule has 268 valence electrons. The van der Waals surface area contributed by atoms with Crippen LogP contribution in [-0.2, 0) is 6.42 Å². The molecule has 0 saturated heterocycles. The largest absolute Gasteiger partial charge is 0.397 e. The maximum Gasteiger partial charge on any atom is 0.127 e. The van der Waals surface area contributed by atoms with Crippen molar-refractivity contribution >= 4 is 66.2 Å². The van der Waals surface area contributed by atoms with Crippen LogP contribution in [-0.4, -0.2) is 30.7 Å². The summed E-state index contributed by atoms with van der Waals surface area (Å²) < 4.78 is 1.12. The molecule has 0 radical (unpaired) electrons. The number of unbranched alkanes of at least 4 members (excludes halogenated alkanes) is 1. The number of fused-ring (bicyclic) bond motifs is 2. The molecule has 1 aromatic carbocycles. The molecule has 0 atom stereocenters. The Labute approximate surface area is 327 Å². The van der Waals surface area contributed by atoms with Crippen molar-refractivity contribution in [1.82, 2.24) is 24.9 Å². The van der Waals surface area contributed by atoms with Crippen LogP contribution in [0, 0.1) is 11.3 Å². The van der Waals surface area contributed by atoms with E-state index < -0.39 is 0 Å². The first kappa shape index (κ1) is 36.7. The monoisotopic (exact) mass is 762 g/mol. The summed E-state index contributed by atoms with van der Waals surface area (Å²) in [6.45, 7) is 4.36. The maximum atomic E-state index is 9.13. The molecule has 0 bridgehead atoms. The highest BCUT2D eigenvalue weighted by atomic mass is 32.2. The SMILES string of the molecule is CCCCSc1sc2nc(-c3cccnc3)cc(-c3ccc(C#N)cc3)c2c1N.CCCc1sc2nc(-c3cccnc3)cc(-c3cccnc3)c2c1N. The van der Waals surface area contributed by atoms with E-state index in [9.17, 15) is 0 Å². The van der Waals surface area contributed by atoms with Crippen LogP contribution < -0.4 is 11.5 Å². The van der Waals surface area contributed by atoms with Crippen molar-refractivity contribution in [2.24, 2.45) is 0 Å². The Morgan fingerprint density at radius 2 is 1.22 bits per heavy atom. The number of benzene rings is 1. The highest BCUT2D eigenvalue weighted by Crippen LogP contribution is 2.45. The fourth-order valence-corrected chi connectivity index (χ4v) is 9.79. The molecule has 4 N–H and O–H groups in total. The second-order valence-electron chi connectivity index (χ2n) is 12.6. The van der Waals surface area contributed by atoms with Crippen molar-refractivity contribution in [2.45, 2.75) is 43.7 Å². The van der Waals surface area contributed by atoms with Gasteiger partial charge in [-0.15, -0.1) is 34.4 Å². The molecule has 0 unspecified atom stereocenters. The highest BCUT2D eigenvalue weighted by Gasteiger charge is 2.19. The Kier molecular flexibility index (Phi) is 11.5. The summed E-state index contributed by atoms with van der Waals surface area (Å²) in [5, 5.41) is 11.2. The second-order valence-corrected chi connectivity index (χ2v) is 16.0. The van der Waals surface area contributed by atoms with Gasteiger partial charge in [0, 0.05) is 69.5 Å². The molecule has 11 heteroatoms. The van der Waals surface area contributed by atoms with Gasteiger partial charge in [0.15, 0.2) is 0 Å². The Morgan fingerprint density at radius 3 is 1.76 bits per heavy atom. The van der Waals surface area contributed by atoms with E-state index in [0.717, 1.165) is 112 Å². The summed E-state index contributed by atoms with van der Waals surface area (Å²) in [6, 6.07) is 25.9. The molecular formula is C43H38N8S3. The topological polar surface area (TPSA) is 140 Å². The Balaban J connectivity index is 0.000000168. The van der Waals surface area contributed by atoms with E-state index in [1.54, 1.807) is 41.3 Å². The predicted octanol–water partition coefficient (Wildman–Crippen LogP) is 11.3. The third kappa shape index (κ3) is 7.82. The number of aromatic nitrogens is 5. The van der Waals surface area contributed by atoms with Crippen LogP contribution in [0.4, 0.5) is 11.4 Å². The normalized spacial score (nSPS) is 11.0. The number of nitrogens with two attached hydrogens (primary N) is 2. The molecular weight excluding hydrogens is 725 g/mol. The number of pyridine rings is 5. The standard InChI is InChI=1S/C23H20N4S2.C20H18N4S/c1-2-3-11-28-23-21(25)20-18(16-8-6-15(13-24)7-9-16)12-19(27-22(20)29-23)17-5-4-10-26-14-17;1-2-5-17-19(21)18-15(13-6-3-8-22-11-13)10-16(24-20(18)25-17)14-7-4-9-23-12-14/h4-10,12,14H,2-3,11,25H2,1H3;3-4,6-12H,2,5,21H2,1H3. The lowest BCUT2D eigenvalue weighted by Gasteiger charge is -2.09. The molecule has 0 fully saturated rings. The Hall–Kier alpha value is -5.67. The first-order valence-corrected chi connectivity index (χ1v) is 20.4. The third-order valence-electron chi connectivity index (χ3n) is 8.86. The molecule has 0 amide bonds. The zero-order valence-corrected chi connectivity index (χ0v) is 32.4. The van der Waals surface area contributed by atoms with Crippen LogP contribution in [0.2, 0.25) is 0 Å². The second kappa shape index (κ2) is 17.0. The summed E-state index contributed by atoms with van der Waals surface area (Å²) in [5.74, 6) is 1.05. The summed E-state index contributed by atoms with van der Waals surface area (Å²) in [7, 11) is 0. The van der Waals surface area contributed by atoms with Crippen LogP contribution in [0.15, 0.2) is 114 Å². The van der Waals surface area contributed by atoms with Gasteiger partial charge in [-0.25, -0.2) is 9.97 Å². The van der Waals surface area contributed by atoms with E-state index in [1.807, 2.05) is 84.9 Å². The van der Waals surface area contributed by atoms with Gasteiger partial charge in [-0.2, -0.15) is 5.26 Å². The van der Waals surface area contributed by atoms with E-state index in [2.05, 4.69) is 53.1 Å². The first-order valence-electron chi connectivity index (χ1n) is 17.8. The zero-order chi connectivity index (χ0) is 37.4. The fraction of sp³-hybridized carbons (Fsp3) is 0.163. The van der Waals surface area contributed by atoms with E-state index in [0.29, 0.717) is 5.56 Å². The number of nitrogens with zero attached hydrogens (tertiary/aromatic N) is 6. The van der Waals surface area contributed by atoms with Crippen LogP contribution in [0.1, 0.15) is 43.6 Å². The molecule has 0 aliphatic heterocycles. The van der Waals surface area contributed by atoms with E-state index in [-0.39, 0.29) is 0 Å². The Morgan fingerprint density at radius 1 is 0.667 bits per heavy atom. The van der Waals surface area contributed by atoms with Crippen molar-refractivity contribution in [3.8, 4) is 50.8 Å². The van der Waals surface area contributed by atoms with E-state index in [1.165, 1.54) is 4.88 Å². The maximum absolute atomic E-state index is 9.13. The molecule has 0 aliphatic carbocycles. The fourth-order valence-electron chi connectivity index (χ4n) is 6.12. The molecule has 8 nitrogen and oxygen atoms in total. The Bertz CT molecular complexity index is 2550. The molecule has 7 aromatic heterocycles. The summed E-state index contributed by atoms with van der Waals surface area (Å²) in [4.78, 5) is 25.6. The lowest BCUT2D eigenvalue weighted by atomic mass is 9.99. The van der Waals surface area contributed by atoms with Crippen LogP contribution in [0.25, 0.3) is 65.2 Å². The molecule has 8 aromatic rings. The molecule has 8 rings (SSSR count). The quantitative estimate of drug-likeness (QED) is 0.103. The van der Waals surface area contributed by atoms with Gasteiger partial charge in [0.25, 0.3) is 0 Å². The van der Waals surface area contributed by atoms with Gasteiger partial charge in [0.1, 0.15) is 9.66 Å². The average molecular weight is 763 g/mol. The number of hydrogen-bond acceptors (Lipinski definition) is 11. The van der Waals surface area contributed by atoms with Gasteiger partial charge in [0.05, 0.1) is 38.6 Å². The minimum absolute atomic E-state index is 0.639. The highest BCUT2D eigenvalue weighted by molar-refractivity contribution is 8.01. The molecule has 0 aliphatic rings. The summed E-state index contributed by atoms with van der Waals surface area (Å²) in [6.07, 6.45) is 15.2. The van der Waals surface area contributed by atoms with Gasteiger partial charge in [-0.1, -0.05) is 44.9 Å². The number of thioether (sulfide) groups is 1. The number of nitrogen functional groups attached to an aromatic ring is 2. The number of anilines is 2. The van der Waals surface area contributed by atoms with Crippen molar-refractivity contribution in [3.63, 3.8) is 0 Å². The van der Waals surface area contributed by atoms with Gasteiger partial charge >= 0.3 is 0 Å². The molecule has 0 spiro atoms. The predicted molar refractivity (Wildman–Crippen MR) is 228 cm³/mol. The number of rotatable bonds is 10. The minimum Gasteiger partial charge on any atom is -0.397 e. The van der Waals surface area contributed by atoms with Crippen molar-refractivity contribution in [1.29, 1.82) is 5.26 Å². The minimum atomic E-state index is 0.639. The van der Waals surface area contributed by atoms with Crippen molar-refractivity contribution < 1.29 is 0 Å². The number of aryl methyl sites for hydroxylation is 1. The number of thiophene rings is 2. The van der Waals surface area contributed by atoms with Gasteiger partial charge in [-0.3, -0.25) is 15.0 Å². The van der Waals surface area contributed by atoms with Gasteiger partial charge < -0.3 is 11.5 Å². The number of hydrogen-bond donors (Lipinski definition) is 2. The van der Waals surface area contributed by atoms with Crippen LogP contribution in [0.3, 0.4) is 0 Å². The van der Waals surface area contributed by atoms with Crippen LogP contribution >= 0.6 is 34.4 Å². The van der Waals surface area contributed by atoms with Crippen molar-refractivity contribution in [2.75, 3.05) is 17.2 Å².